The number of aryl methyl sites for hydroxylation is 3. The highest BCUT2D eigenvalue weighted by Crippen LogP contribution is 2.30. The van der Waals surface area contributed by atoms with E-state index in [4.69, 9.17) is 9.15 Å². The van der Waals surface area contributed by atoms with E-state index in [0.29, 0.717) is 17.0 Å². The minimum absolute atomic E-state index is 0.0923. The first-order valence-electron chi connectivity index (χ1n) is 10.9. The molecule has 1 amide bonds. The number of alkyl halides is 3. The number of hydrogen-bond acceptors (Lipinski definition) is 4. The van der Waals surface area contributed by atoms with Crippen molar-refractivity contribution in [2.75, 3.05) is 5.32 Å². The third-order valence-corrected chi connectivity index (χ3v) is 5.41. The normalized spacial score (nSPS) is 11.5. The molecule has 6 nitrogen and oxygen atoms in total. The highest BCUT2D eigenvalue weighted by atomic mass is 19.4. The molecule has 0 aliphatic heterocycles. The molecule has 0 saturated carbocycles. The summed E-state index contributed by atoms with van der Waals surface area (Å²) in [6.07, 6.45) is -4.42. The van der Waals surface area contributed by atoms with Crippen molar-refractivity contribution in [2.24, 2.45) is 0 Å². The average Bonchev–Trinajstić information content (AvgIpc) is 3.41. The van der Waals surface area contributed by atoms with E-state index >= 15 is 0 Å². The molecule has 4 aromatic rings. The second-order valence-electron chi connectivity index (χ2n) is 8.30. The summed E-state index contributed by atoms with van der Waals surface area (Å²) in [6, 6.07) is 15.8. The molecule has 2 aromatic carbocycles. The minimum atomic E-state index is -4.42. The first-order chi connectivity index (χ1) is 16.6. The van der Waals surface area contributed by atoms with E-state index in [0.717, 1.165) is 29.0 Å². The van der Waals surface area contributed by atoms with Crippen LogP contribution in [-0.4, -0.2) is 15.7 Å². The molecular weight excluding hydrogens is 459 g/mol. The number of furan rings is 1. The number of carbonyl (C=O) groups excluding carboxylic acids is 1. The Kier molecular flexibility index (Phi) is 6.68. The molecule has 0 unspecified atom stereocenters. The van der Waals surface area contributed by atoms with Crippen LogP contribution in [0.5, 0.6) is 5.75 Å². The number of halogens is 3. The van der Waals surface area contributed by atoms with Crippen LogP contribution < -0.4 is 10.1 Å². The standard InChI is InChI=1S/C26H24F3N3O3/c1-16-7-8-17(2)23(11-16)34-15-21-9-10-22(35-21)25(33)30-24-12-18(3)32(31-24)14-19-5-4-6-20(13-19)26(27,28)29/h4-13H,14-15H2,1-3H3,(H,30,31,33). The number of amides is 1. The van der Waals surface area contributed by atoms with Crippen LogP contribution in [0.2, 0.25) is 0 Å². The lowest BCUT2D eigenvalue weighted by atomic mass is 10.1. The molecule has 2 aromatic heterocycles. The first kappa shape index (κ1) is 24.1. The molecule has 0 fully saturated rings. The maximum atomic E-state index is 13.0. The second-order valence-corrected chi connectivity index (χ2v) is 8.30. The number of hydrogen-bond donors (Lipinski definition) is 1. The number of nitrogens with zero attached hydrogens (tertiary/aromatic N) is 2. The van der Waals surface area contributed by atoms with Gasteiger partial charge >= 0.3 is 6.18 Å². The smallest absolute Gasteiger partial charge is 0.416 e. The minimum Gasteiger partial charge on any atom is -0.485 e. The summed E-state index contributed by atoms with van der Waals surface area (Å²) in [5.41, 5.74) is 2.48. The maximum absolute atomic E-state index is 13.0. The van der Waals surface area contributed by atoms with Crippen molar-refractivity contribution < 1.29 is 27.1 Å². The lowest BCUT2D eigenvalue weighted by Gasteiger charge is -2.09. The van der Waals surface area contributed by atoms with E-state index in [9.17, 15) is 18.0 Å². The Balaban J connectivity index is 1.39. The van der Waals surface area contributed by atoms with Gasteiger partial charge in [0.25, 0.3) is 5.91 Å². The summed E-state index contributed by atoms with van der Waals surface area (Å²) >= 11 is 0. The van der Waals surface area contributed by atoms with Gasteiger partial charge in [-0.3, -0.25) is 9.48 Å². The average molecular weight is 483 g/mol. The van der Waals surface area contributed by atoms with Gasteiger partial charge in [0.1, 0.15) is 18.1 Å². The summed E-state index contributed by atoms with van der Waals surface area (Å²) in [6.45, 7) is 5.98. The van der Waals surface area contributed by atoms with Gasteiger partial charge in [0.15, 0.2) is 11.6 Å². The molecule has 0 aliphatic rings. The van der Waals surface area contributed by atoms with Gasteiger partial charge in [0.05, 0.1) is 12.1 Å². The van der Waals surface area contributed by atoms with Crippen molar-refractivity contribution in [3.05, 3.63) is 100 Å². The topological polar surface area (TPSA) is 69.3 Å². The van der Waals surface area contributed by atoms with Gasteiger partial charge in [0, 0.05) is 11.8 Å². The number of anilines is 1. The lowest BCUT2D eigenvalue weighted by molar-refractivity contribution is -0.137. The zero-order valence-corrected chi connectivity index (χ0v) is 19.4. The fourth-order valence-electron chi connectivity index (χ4n) is 3.52. The number of benzene rings is 2. The second kappa shape index (κ2) is 9.69. The van der Waals surface area contributed by atoms with Crippen LogP contribution in [0.4, 0.5) is 19.0 Å². The van der Waals surface area contributed by atoms with Crippen molar-refractivity contribution in [1.82, 2.24) is 9.78 Å². The summed E-state index contributed by atoms with van der Waals surface area (Å²) in [7, 11) is 0. The Morgan fingerprint density at radius 2 is 1.86 bits per heavy atom. The fraction of sp³-hybridized carbons (Fsp3) is 0.231. The Hall–Kier alpha value is -4.01. The lowest BCUT2D eigenvalue weighted by Crippen LogP contribution is -2.12. The zero-order chi connectivity index (χ0) is 25.2. The molecule has 0 saturated heterocycles. The number of aromatic nitrogens is 2. The van der Waals surface area contributed by atoms with Crippen molar-refractivity contribution in [3.63, 3.8) is 0 Å². The van der Waals surface area contributed by atoms with E-state index < -0.39 is 17.6 Å². The van der Waals surface area contributed by atoms with Gasteiger partial charge in [-0.15, -0.1) is 0 Å². The van der Waals surface area contributed by atoms with Gasteiger partial charge in [-0.05, 0) is 67.8 Å². The van der Waals surface area contributed by atoms with Crippen LogP contribution in [0.1, 0.15) is 44.3 Å². The van der Waals surface area contributed by atoms with Crippen LogP contribution >= 0.6 is 0 Å². The highest BCUT2D eigenvalue weighted by Gasteiger charge is 2.30. The quantitative estimate of drug-likeness (QED) is 0.335. The predicted octanol–water partition coefficient (Wildman–Crippen LogP) is 6.30. The highest BCUT2D eigenvalue weighted by molar-refractivity contribution is 6.01. The van der Waals surface area contributed by atoms with Crippen molar-refractivity contribution >= 4 is 11.7 Å². The van der Waals surface area contributed by atoms with Crippen LogP contribution in [0.15, 0.2) is 65.1 Å². The summed E-state index contributed by atoms with van der Waals surface area (Å²) in [4.78, 5) is 12.6. The third kappa shape index (κ3) is 5.92. The number of nitrogens with one attached hydrogen (secondary N) is 1. The van der Waals surface area contributed by atoms with Gasteiger partial charge in [-0.25, -0.2) is 0 Å². The summed E-state index contributed by atoms with van der Waals surface area (Å²) < 4.78 is 51.9. The van der Waals surface area contributed by atoms with Gasteiger partial charge in [0.2, 0.25) is 0 Å². The maximum Gasteiger partial charge on any atom is 0.416 e. The Bertz CT molecular complexity index is 1360. The molecule has 35 heavy (non-hydrogen) atoms. The Labute approximate surface area is 200 Å². The Morgan fingerprint density at radius 1 is 1.06 bits per heavy atom. The Morgan fingerprint density at radius 3 is 2.63 bits per heavy atom. The molecule has 0 spiro atoms. The van der Waals surface area contributed by atoms with Gasteiger partial charge in [-0.1, -0.05) is 24.3 Å². The van der Waals surface area contributed by atoms with Crippen LogP contribution in [-0.2, 0) is 19.3 Å². The van der Waals surface area contributed by atoms with E-state index in [1.54, 1.807) is 31.2 Å². The third-order valence-electron chi connectivity index (χ3n) is 5.41. The molecular formula is C26H24F3N3O3. The molecule has 182 valence electrons. The molecule has 2 heterocycles. The first-order valence-corrected chi connectivity index (χ1v) is 10.9. The van der Waals surface area contributed by atoms with Crippen LogP contribution in [0.25, 0.3) is 0 Å². The number of carbonyl (C=O) groups is 1. The number of ether oxygens (including phenoxy) is 1. The molecule has 0 bridgehead atoms. The molecule has 0 atom stereocenters. The van der Waals surface area contributed by atoms with Crippen LogP contribution in [0, 0.1) is 20.8 Å². The van der Waals surface area contributed by atoms with E-state index in [2.05, 4.69) is 10.4 Å². The van der Waals surface area contributed by atoms with Crippen molar-refractivity contribution in [1.29, 1.82) is 0 Å². The molecule has 0 aliphatic carbocycles. The molecule has 1 N–H and O–H groups in total. The van der Waals surface area contributed by atoms with E-state index in [1.165, 1.54) is 10.7 Å². The molecule has 0 radical (unpaired) electrons. The monoisotopic (exact) mass is 483 g/mol. The van der Waals surface area contributed by atoms with E-state index in [1.807, 2.05) is 32.0 Å². The number of rotatable bonds is 7. The zero-order valence-electron chi connectivity index (χ0n) is 19.4. The summed E-state index contributed by atoms with van der Waals surface area (Å²) in [5, 5.41) is 6.96. The van der Waals surface area contributed by atoms with Gasteiger partial charge in [-0.2, -0.15) is 18.3 Å². The fourth-order valence-corrected chi connectivity index (χ4v) is 3.52. The summed E-state index contributed by atoms with van der Waals surface area (Å²) in [5.74, 6) is 1.10. The van der Waals surface area contributed by atoms with Crippen molar-refractivity contribution in [3.8, 4) is 5.75 Å². The van der Waals surface area contributed by atoms with Crippen molar-refractivity contribution in [2.45, 2.75) is 40.1 Å². The SMILES string of the molecule is Cc1ccc(C)c(OCc2ccc(C(=O)Nc3cc(C)n(Cc4cccc(C(F)(F)F)c4)n3)o2)c1. The van der Waals surface area contributed by atoms with E-state index in [-0.39, 0.29) is 24.7 Å². The largest absolute Gasteiger partial charge is 0.485 e. The van der Waals surface area contributed by atoms with Crippen LogP contribution in [0.3, 0.4) is 0 Å². The van der Waals surface area contributed by atoms with Gasteiger partial charge < -0.3 is 14.5 Å². The molecule has 9 heteroatoms. The molecule has 4 rings (SSSR count). The predicted molar refractivity (Wildman–Crippen MR) is 124 cm³/mol.